The van der Waals surface area contributed by atoms with Gasteiger partial charge < -0.3 is 4.90 Å². The van der Waals surface area contributed by atoms with Gasteiger partial charge in [-0.3, -0.25) is 9.59 Å². The Kier molecular flexibility index (Phi) is 4.11. The predicted octanol–water partition coefficient (Wildman–Crippen LogP) is 3.42. The van der Waals surface area contributed by atoms with Crippen molar-refractivity contribution < 1.29 is 14.0 Å². The minimum Gasteiger partial charge on any atom is -0.378 e. The molecule has 1 aliphatic rings. The summed E-state index contributed by atoms with van der Waals surface area (Å²) in [7, 11) is 3.73. The first-order valence-electron chi connectivity index (χ1n) is 7.22. The van der Waals surface area contributed by atoms with Crippen LogP contribution in [0.15, 0.2) is 53.6 Å². The van der Waals surface area contributed by atoms with Gasteiger partial charge in [0.1, 0.15) is 10.8 Å². The minimum absolute atomic E-state index is 0.0805. The second-order valence-corrected chi connectivity index (χ2v) is 5.93. The summed E-state index contributed by atoms with van der Waals surface area (Å²) in [4.78, 5) is 28.1. The molecule has 0 atom stereocenters. The molecule has 6 heteroatoms. The SMILES string of the molecule is CN(C)c1cccc(N2C(=O)C(Cl)=C(c3ccc(F)cc3)C2=O)c1. The van der Waals surface area contributed by atoms with Crippen molar-refractivity contribution in [1.82, 2.24) is 0 Å². The minimum atomic E-state index is -0.586. The molecule has 122 valence electrons. The number of nitrogens with zero attached hydrogens (tertiary/aromatic N) is 2. The summed E-state index contributed by atoms with van der Waals surface area (Å²) in [5, 5.41) is -0.165. The highest BCUT2D eigenvalue weighted by atomic mass is 35.5. The van der Waals surface area contributed by atoms with Crippen LogP contribution in [-0.2, 0) is 9.59 Å². The normalized spacial score (nSPS) is 14.6. The van der Waals surface area contributed by atoms with Gasteiger partial charge in [-0.1, -0.05) is 29.8 Å². The van der Waals surface area contributed by atoms with Crippen LogP contribution >= 0.6 is 11.6 Å². The van der Waals surface area contributed by atoms with E-state index < -0.39 is 17.6 Å². The molecule has 1 aliphatic heterocycles. The summed E-state index contributed by atoms with van der Waals surface area (Å²) >= 11 is 6.11. The van der Waals surface area contributed by atoms with Gasteiger partial charge in [0.25, 0.3) is 11.8 Å². The van der Waals surface area contributed by atoms with E-state index in [-0.39, 0.29) is 10.6 Å². The molecule has 0 fully saturated rings. The summed E-state index contributed by atoms with van der Waals surface area (Å²) in [6.07, 6.45) is 0. The molecule has 0 N–H and O–H groups in total. The maximum atomic E-state index is 13.1. The molecule has 0 spiro atoms. The number of rotatable bonds is 3. The van der Waals surface area contributed by atoms with Crippen LogP contribution in [-0.4, -0.2) is 25.9 Å². The summed E-state index contributed by atoms with van der Waals surface area (Å²) in [5.41, 5.74) is 1.77. The third-order valence-electron chi connectivity index (χ3n) is 3.76. The molecule has 0 radical (unpaired) electrons. The van der Waals surface area contributed by atoms with Crippen LogP contribution in [0.1, 0.15) is 5.56 Å². The molecule has 0 unspecified atom stereocenters. The molecule has 0 saturated carbocycles. The van der Waals surface area contributed by atoms with Crippen molar-refractivity contribution >= 4 is 40.4 Å². The number of hydrogen-bond donors (Lipinski definition) is 0. The van der Waals surface area contributed by atoms with E-state index >= 15 is 0 Å². The average molecular weight is 345 g/mol. The first-order valence-corrected chi connectivity index (χ1v) is 7.60. The lowest BCUT2D eigenvalue weighted by atomic mass is 10.1. The quantitative estimate of drug-likeness (QED) is 0.801. The number of imide groups is 1. The van der Waals surface area contributed by atoms with E-state index in [1.165, 1.54) is 24.3 Å². The molecule has 2 aromatic rings. The van der Waals surface area contributed by atoms with Crippen LogP contribution in [0.4, 0.5) is 15.8 Å². The smallest absolute Gasteiger partial charge is 0.277 e. The molecule has 0 saturated heterocycles. The Morgan fingerprint density at radius 3 is 2.29 bits per heavy atom. The van der Waals surface area contributed by atoms with Crippen LogP contribution in [0.2, 0.25) is 0 Å². The molecule has 0 aromatic heterocycles. The van der Waals surface area contributed by atoms with Crippen molar-refractivity contribution in [3.05, 3.63) is 64.9 Å². The van der Waals surface area contributed by atoms with Crippen molar-refractivity contribution in [2.45, 2.75) is 0 Å². The maximum absolute atomic E-state index is 13.1. The van der Waals surface area contributed by atoms with Gasteiger partial charge in [0.15, 0.2) is 0 Å². The Labute approximate surface area is 143 Å². The van der Waals surface area contributed by atoms with Crippen molar-refractivity contribution in [3.63, 3.8) is 0 Å². The van der Waals surface area contributed by atoms with Crippen LogP contribution in [0.5, 0.6) is 0 Å². The zero-order valence-corrected chi connectivity index (χ0v) is 13.8. The molecule has 3 rings (SSSR count). The second-order valence-electron chi connectivity index (χ2n) is 5.56. The van der Waals surface area contributed by atoms with E-state index in [2.05, 4.69) is 0 Å². The van der Waals surface area contributed by atoms with E-state index in [0.717, 1.165) is 10.6 Å². The fraction of sp³-hybridized carbons (Fsp3) is 0.111. The molecule has 0 bridgehead atoms. The number of amides is 2. The van der Waals surface area contributed by atoms with Crippen LogP contribution in [0.25, 0.3) is 5.57 Å². The highest BCUT2D eigenvalue weighted by Gasteiger charge is 2.39. The maximum Gasteiger partial charge on any atom is 0.277 e. The molecule has 2 amide bonds. The Hall–Kier alpha value is -2.66. The summed E-state index contributed by atoms with van der Waals surface area (Å²) in [6.45, 7) is 0. The lowest BCUT2D eigenvalue weighted by Gasteiger charge is -2.18. The topological polar surface area (TPSA) is 40.6 Å². The van der Waals surface area contributed by atoms with Gasteiger partial charge in [-0.2, -0.15) is 0 Å². The van der Waals surface area contributed by atoms with E-state index in [4.69, 9.17) is 11.6 Å². The largest absolute Gasteiger partial charge is 0.378 e. The van der Waals surface area contributed by atoms with Crippen molar-refractivity contribution in [3.8, 4) is 0 Å². The van der Waals surface area contributed by atoms with E-state index in [9.17, 15) is 14.0 Å². The number of halogens is 2. The van der Waals surface area contributed by atoms with Crippen LogP contribution in [0.3, 0.4) is 0 Å². The zero-order chi connectivity index (χ0) is 17.4. The third-order valence-corrected chi connectivity index (χ3v) is 4.12. The molecule has 2 aromatic carbocycles. The molecular weight excluding hydrogens is 331 g/mol. The fourth-order valence-corrected chi connectivity index (χ4v) is 2.79. The van der Waals surface area contributed by atoms with Crippen molar-refractivity contribution in [2.75, 3.05) is 23.9 Å². The van der Waals surface area contributed by atoms with Gasteiger partial charge in [0, 0.05) is 19.8 Å². The molecule has 4 nitrogen and oxygen atoms in total. The van der Waals surface area contributed by atoms with E-state index in [1.54, 1.807) is 18.2 Å². The fourth-order valence-electron chi connectivity index (χ4n) is 2.51. The standard InChI is InChI=1S/C18H14ClFN2O2/c1-21(2)13-4-3-5-14(10-13)22-17(23)15(16(19)18(22)24)11-6-8-12(20)9-7-11/h3-10H,1-2H3. The number of benzene rings is 2. The van der Waals surface area contributed by atoms with Gasteiger partial charge in [-0.05, 0) is 35.9 Å². The molecule has 0 aliphatic carbocycles. The third kappa shape index (κ3) is 2.67. The first-order chi connectivity index (χ1) is 11.4. The Bertz CT molecular complexity index is 860. The number of anilines is 2. The predicted molar refractivity (Wildman–Crippen MR) is 92.4 cm³/mol. The van der Waals surface area contributed by atoms with Crippen LogP contribution in [0, 0.1) is 5.82 Å². The van der Waals surface area contributed by atoms with E-state index in [0.29, 0.717) is 11.3 Å². The molecule has 24 heavy (non-hydrogen) atoms. The Morgan fingerprint density at radius 1 is 1.00 bits per heavy atom. The highest BCUT2D eigenvalue weighted by molar-refractivity contribution is 6.60. The lowest BCUT2D eigenvalue weighted by molar-refractivity contribution is -0.119. The van der Waals surface area contributed by atoms with Gasteiger partial charge in [-0.25, -0.2) is 9.29 Å². The highest BCUT2D eigenvalue weighted by Crippen LogP contribution is 2.35. The lowest BCUT2D eigenvalue weighted by Crippen LogP contribution is -2.31. The first kappa shape index (κ1) is 16.2. The van der Waals surface area contributed by atoms with Gasteiger partial charge in [0.2, 0.25) is 0 Å². The van der Waals surface area contributed by atoms with Crippen LogP contribution < -0.4 is 9.80 Å². The summed E-state index contributed by atoms with van der Waals surface area (Å²) in [6, 6.07) is 12.3. The monoisotopic (exact) mass is 344 g/mol. The number of carbonyl (C=O) groups excluding carboxylic acids is 2. The molecular formula is C18H14ClFN2O2. The van der Waals surface area contributed by atoms with E-state index in [1.807, 2.05) is 25.1 Å². The van der Waals surface area contributed by atoms with Gasteiger partial charge in [-0.15, -0.1) is 0 Å². The molecule has 1 heterocycles. The summed E-state index contributed by atoms with van der Waals surface area (Å²) in [5.74, 6) is -1.54. The zero-order valence-electron chi connectivity index (χ0n) is 13.1. The number of carbonyl (C=O) groups is 2. The second kappa shape index (κ2) is 6.09. The van der Waals surface area contributed by atoms with Gasteiger partial charge >= 0.3 is 0 Å². The Balaban J connectivity index is 2.02. The number of hydrogen-bond acceptors (Lipinski definition) is 3. The van der Waals surface area contributed by atoms with Gasteiger partial charge in [0.05, 0.1) is 11.3 Å². The average Bonchev–Trinajstić information content (AvgIpc) is 2.78. The summed E-state index contributed by atoms with van der Waals surface area (Å²) < 4.78 is 13.1. The van der Waals surface area contributed by atoms with Crippen molar-refractivity contribution in [2.24, 2.45) is 0 Å². The van der Waals surface area contributed by atoms with Crippen molar-refractivity contribution in [1.29, 1.82) is 0 Å². The Morgan fingerprint density at radius 2 is 1.67 bits per heavy atom.